The zero-order valence-electron chi connectivity index (χ0n) is 11.3. The molecular formula is C15H18N2O2. The lowest BCUT2D eigenvalue weighted by Gasteiger charge is -2.48. The van der Waals surface area contributed by atoms with Gasteiger partial charge in [-0.25, -0.2) is 0 Å². The Kier molecular flexibility index (Phi) is 2.96. The van der Waals surface area contributed by atoms with Crippen molar-refractivity contribution >= 4 is 0 Å². The predicted molar refractivity (Wildman–Crippen MR) is 70.9 cm³/mol. The molecule has 0 N–H and O–H groups in total. The molecule has 1 atom stereocenters. The number of methoxy groups -OCH3 is 1. The van der Waals surface area contributed by atoms with Crippen LogP contribution in [0.25, 0.3) is 0 Å². The molecule has 0 spiro atoms. The molecule has 1 fully saturated rings. The van der Waals surface area contributed by atoms with E-state index in [1.165, 1.54) is 11.1 Å². The van der Waals surface area contributed by atoms with Crippen LogP contribution in [0.2, 0.25) is 0 Å². The molecule has 2 aliphatic heterocycles. The summed E-state index contributed by atoms with van der Waals surface area (Å²) in [5.74, 6) is 0.854. The molecule has 3 rings (SSSR count). The Morgan fingerprint density at radius 2 is 2.26 bits per heavy atom. The van der Waals surface area contributed by atoms with E-state index in [1.807, 2.05) is 6.07 Å². The van der Waals surface area contributed by atoms with Crippen LogP contribution in [-0.2, 0) is 11.2 Å². The molecule has 19 heavy (non-hydrogen) atoms. The molecule has 2 aliphatic rings. The topological polar surface area (TPSA) is 45.5 Å². The highest BCUT2D eigenvalue weighted by molar-refractivity contribution is 5.42. The van der Waals surface area contributed by atoms with Gasteiger partial charge in [0.15, 0.2) is 0 Å². The van der Waals surface area contributed by atoms with E-state index in [2.05, 4.69) is 30.1 Å². The fourth-order valence-corrected chi connectivity index (χ4v) is 3.17. The minimum Gasteiger partial charge on any atom is -0.497 e. The molecule has 0 aliphatic carbocycles. The number of benzene rings is 1. The third-order valence-electron chi connectivity index (χ3n) is 4.29. The van der Waals surface area contributed by atoms with Gasteiger partial charge in [0, 0.05) is 6.54 Å². The van der Waals surface area contributed by atoms with Gasteiger partial charge in [0.2, 0.25) is 0 Å². The second-order valence-corrected chi connectivity index (χ2v) is 5.46. The van der Waals surface area contributed by atoms with Crippen LogP contribution < -0.4 is 4.74 Å². The van der Waals surface area contributed by atoms with Gasteiger partial charge in [-0.3, -0.25) is 4.90 Å². The van der Waals surface area contributed by atoms with Crippen molar-refractivity contribution < 1.29 is 9.47 Å². The number of fused-ring (bicyclic) bond motifs is 1. The van der Waals surface area contributed by atoms with E-state index in [1.54, 1.807) is 7.11 Å². The van der Waals surface area contributed by atoms with Crippen molar-refractivity contribution in [3.63, 3.8) is 0 Å². The third kappa shape index (κ3) is 1.81. The molecule has 1 saturated heterocycles. The summed E-state index contributed by atoms with van der Waals surface area (Å²) in [6, 6.07) is 8.79. The molecule has 2 heterocycles. The van der Waals surface area contributed by atoms with Gasteiger partial charge in [-0.15, -0.1) is 0 Å². The maximum Gasteiger partial charge on any atom is 0.123 e. The lowest BCUT2D eigenvalue weighted by Crippen LogP contribution is -2.53. The van der Waals surface area contributed by atoms with E-state index in [0.717, 1.165) is 18.7 Å². The van der Waals surface area contributed by atoms with Gasteiger partial charge in [0.25, 0.3) is 0 Å². The summed E-state index contributed by atoms with van der Waals surface area (Å²) >= 11 is 0. The molecule has 1 aromatic carbocycles. The highest BCUT2D eigenvalue weighted by atomic mass is 16.5. The Morgan fingerprint density at radius 3 is 2.84 bits per heavy atom. The molecule has 4 nitrogen and oxygen atoms in total. The van der Waals surface area contributed by atoms with E-state index in [4.69, 9.17) is 9.47 Å². The normalized spacial score (nSPS) is 25.0. The standard InChI is InChI=1S/C15H18N2O2/c1-17-6-5-11-3-4-12(18-2)7-13(11)14(17)15(8-16)9-19-10-15/h3-4,7,14H,5-6,9-10H2,1-2H3. The molecule has 0 amide bonds. The summed E-state index contributed by atoms with van der Waals surface area (Å²) in [4.78, 5) is 2.27. The van der Waals surface area contributed by atoms with Gasteiger partial charge >= 0.3 is 0 Å². The molecule has 4 heteroatoms. The maximum absolute atomic E-state index is 9.57. The minimum atomic E-state index is -0.406. The number of hydrogen-bond donors (Lipinski definition) is 0. The average molecular weight is 258 g/mol. The Morgan fingerprint density at radius 1 is 1.47 bits per heavy atom. The highest BCUT2D eigenvalue weighted by Gasteiger charge is 2.50. The van der Waals surface area contributed by atoms with Crippen LogP contribution in [0.1, 0.15) is 17.2 Å². The number of rotatable bonds is 2. The van der Waals surface area contributed by atoms with Crippen molar-refractivity contribution in [1.82, 2.24) is 4.90 Å². The lowest BCUT2D eigenvalue weighted by atomic mass is 9.73. The quantitative estimate of drug-likeness (QED) is 0.811. The van der Waals surface area contributed by atoms with Crippen LogP contribution in [0, 0.1) is 16.7 Å². The first-order valence-corrected chi connectivity index (χ1v) is 6.56. The monoisotopic (exact) mass is 258 g/mol. The summed E-state index contributed by atoms with van der Waals surface area (Å²) in [6.45, 7) is 2.03. The highest BCUT2D eigenvalue weighted by Crippen LogP contribution is 2.47. The Balaban J connectivity index is 2.08. The van der Waals surface area contributed by atoms with Gasteiger partial charge in [-0.1, -0.05) is 6.07 Å². The van der Waals surface area contributed by atoms with Crippen LogP contribution in [-0.4, -0.2) is 38.8 Å². The molecule has 100 valence electrons. The first-order valence-electron chi connectivity index (χ1n) is 6.56. The van der Waals surface area contributed by atoms with Crippen molar-refractivity contribution in [2.24, 2.45) is 5.41 Å². The molecule has 0 radical (unpaired) electrons. The number of nitriles is 1. The van der Waals surface area contributed by atoms with Gasteiger partial charge in [-0.2, -0.15) is 5.26 Å². The van der Waals surface area contributed by atoms with Crippen molar-refractivity contribution in [3.05, 3.63) is 29.3 Å². The fraction of sp³-hybridized carbons (Fsp3) is 0.533. The first-order chi connectivity index (χ1) is 9.20. The van der Waals surface area contributed by atoms with Crippen molar-refractivity contribution in [1.29, 1.82) is 5.26 Å². The molecule has 1 unspecified atom stereocenters. The van der Waals surface area contributed by atoms with Gasteiger partial charge < -0.3 is 9.47 Å². The lowest BCUT2D eigenvalue weighted by molar-refractivity contribution is -0.120. The number of nitrogens with zero attached hydrogens (tertiary/aromatic N) is 2. The van der Waals surface area contributed by atoms with Gasteiger partial charge in [0.05, 0.1) is 32.4 Å². The minimum absolute atomic E-state index is 0.102. The average Bonchev–Trinajstić information content (AvgIpc) is 2.40. The van der Waals surface area contributed by atoms with Crippen LogP contribution in [0.3, 0.4) is 0 Å². The summed E-state index contributed by atoms with van der Waals surface area (Å²) < 4.78 is 10.7. The summed E-state index contributed by atoms with van der Waals surface area (Å²) in [5, 5.41) is 9.57. The van der Waals surface area contributed by atoms with Gasteiger partial charge in [0.1, 0.15) is 11.2 Å². The fourth-order valence-electron chi connectivity index (χ4n) is 3.17. The maximum atomic E-state index is 9.57. The van der Waals surface area contributed by atoms with Crippen molar-refractivity contribution in [2.75, 3.05) is 33.9 Å². The number of ether oxygens (including phenoxy) is 2. The molecule has 0 saturated carbocycles. The largest absolute Gasteiger partial charge is 0.497 e. The zero-order valence-corrected chi connectivity index (χ0v) is 11.3. The summed E-state index contributed by atoms with van der Waals surface area (Å²) in [5.41, 5.74) is 2.14. The van der Waals surface area contributed by atoms with Crippen LogP contribution in [0.4, 0.5) is 0 Å². The van der Waals surface area contributed by atoms with E-state index < -0.39 is 5.41 Å². The first kappa shape index (κ1) is 12.5. The molecule has 0 bridgehead atoms. The van der Waals surface area contributed by atoms with Gasteiger partial charge in [-0.05, 0) is 36.7 Å². The van der Waals surface area contributed by atoms with E-state index in [9.17, 15) is 5.26 Å². The smallest absolute Gasteiger partial charge is 0.123 e. The summed E-state index contributed by atoms with van der Waals surface area (Å²) in [6.07, 6.45) is 1.02. The van der Waals surface area contributed by atoms with Crippen LogP contribution in [0.15, 0.2) is 18.2 Å². The Labute approximate surface area is 113 Å². The SMILES string of the molecule is COc1ccc2c(c1)C(C1(C#N)COC1)N(C)CC2. The second-order valence-electron chi connectivity index (χ2n) is 5.46. The van der Waals surface area contributed by atoms with E-state index in [-0.39, 0.29) is 6.04 Å². The predicted octanol–water partition coefficient (Wildman–Crippen LogP) is 1.76. The van der Waals surface area contributed by atoms with E-state index in [0.29, 0.717) is 13.2 Å². The second kappa shape index (κ2) is 4.52. The van der Waals surface area contributed by atoms with Crippen molar-refractivity contribution in [3.8, 4) is 11.8 Å². The van der Waals surface area contributed by atoms with Crippen LogP contribution >= 0.6 is 0 Å². The summed E-state index contributed by atoms with van der Waals surface area (Å²) in [7, 11) is 3.76. The molecule has 1 aromatic rings. The van der Waals surface area contributed by atoms with Crippen LogP contribution in [0.5, 0.6) is 5.75 Å². The molecular weight excluding hydrogens is 240 g/mol. The zero-order chi connectivity index (χ0) is 13.5. The third-order valence-corrected chi connectivity index (χ3v) is 4.29. The van der Waals surface area contributed by atoms with Crippen molar-refractivity contribution in [2.45, 2.75) is 12.5 Å². The van der Waals surface area contributed by atoms with E-state index >= 15 is 0 Å². The number of hydrogen-bond acceptors (Lipinski definition) is 4. The molecule has 0 aromatic heterocycles. The Bertz CT molecular complexity index is 531. The Hall–Kier alpha value is -1.57. The number of likely N-dealkylation sites (N-methyl/N-ethyl adjacent to an activating group) is 1.